The fourth-order valence-electron chi connectivity index (χ4n) is 3.58. The summed E-state index contributed by atoms with van der Waals surface area (Å²) in [6.45, 7) is 4.88. The molecular formula is C19H31N7O4S2. The summed E-state index contributed by atoms with van der Waals surface area (Å²) in [7, 11) is -1.55. The fraction of sp³-hybridized carbons (Fsp3) is 0.684. The van der Waals surface area contributed by atoms with E-state index in [1.807, 2.05) is 6.92 Å². The Labute approximate surface area is 192 Å². The molecule has 1 amide bonds. The number of carbonyl (C=O) groups excluding carboxylic acids is 1. The minimum Gasteiger partial charge on any atom is -0.383 e. The topological polar surface area (TPSA) is 131 Å². The Kier molecular flexibility index (Phi) is 8.68. The molecule has 0 radical (unpaired) electrons. The summed E-state index contributed by atoms with van der Waals surface area (Å²) in [5.41, 5.74) is 0.714. The number of nitrogens with one attached hydrogen (secondary N) is 2. The molecule has 2 aromatic rings. The van der Waals surface area contributed by atoms with E-state index in [4.69, 9.17) is 4.74 Å². The van der Waals surface area contributed by atoms with Gasteiger partial charge in [-0.2, -0.15) is 5.10 Å². The quantitative estimate of drug-likeness (QED) is 0.269. The van der Waals surface area contributed by atoms with Crippen LogP contribution in [-0.2, 0) is 26.1 Å². The van der Waals surface area contributed by atoms with Crippen molar-refractivity contribution in [2.24, 2.45) is 5.92 Å². The van der Waals surface area contributed by atoms with Crippen molar-refractivity contribution in [1.82, 2.24) is 29.4 Å². The number of sulfonamides is 1. The number of hydrogen-bond acceptors (Lipinski definition) is 9. The number of ether oxygens (including phenoxy) is 1. The number of fused-ring (bicyclic) bond motifs is 1. The second kappa shape index (κ2) is 11.3. The van der Waals surface area contributed by atoms with Gasteiger partial charge < -0.3 is 15.4 Å². The molecule has 2 N–H and O–H groups in total. The van der Waals surface area contributed by atoms with Crippen molar-refractivity contribution >= 4 is 44.5 Å². The number of amides is 1. The molecule has 3 heterocycles. The highest BCUT2D eigenvalue weighted by atomic mass is 32.2. The average molecular weight is 486 g/mol. The van der Waals surface area contributed by atoms with Crippen molar-refractivity contribution in [3.05, 3.63) is 6.20 Å². The zero-order valence-electron chi connectivity index (χ0n) is 18.7. The lowest BCUT2D eigenvalue weighted by molar-refractivity contribution is -0.126. The smallest absolute Gasteiger partial charge is 0.223 e. The Balaban J connectivity index is 1.60. The van der Waals surface area contributed by atoms with Gasteiger partial charge in [0.2, 0.25) is 15.9 Å². The Bertz CT molecular complexity index is 1020. The maximum Gasteiger partial charge on any atom is 0.223 e. The first-order valence-electron chi connectivity index (χ1n) is 10.7. The van der Waals surface area contributed by atoms with Crippen LogP contribution in [0.4, 0.5) is 5.82 Å². The molecule has 1 aliphatic heterocycles. The van der Waals surface area contributed by atoms with Crippen molar-refractivity contribution in [1.29, 1.82) is 0 Å². The molecule has 0 atom stereocenters. The molecule has 3 rings (SSSR count). The first kappa shape index (κ1) is 24.7. The molecule has 0 aliphatic carbocycles. The van der Waals surface area contributed by atoms with E-state index in [1.54, 1.807) is 29.8 Å². The average Bonchev–Trinajstić information content (AvgIpc) is 3.16. The molecule has 178 valence electrons. The van der Waals surface area contributed by atoms with Gasteiger partial charge in [-0.05, 0) is 18.6 Å². The maximum absolute atomic E-state index is 12.5. The number of piperidine rings is 1. The van der Waals surface area contributed by atoms with Gasteiger partial charge in [0, 0.05) is 39.2 Å². The van der Waals surface area contributed by atoms with Crippen LogP contribution >= 0.6 is 11.8 Å². The zero-order valence-corrected chi connectivity index (χ0v) is 20.3. The van der Waals surface area contributed by atoms with Crippen LogP contribution in [0.15, 0.2) is 11.4 Å². The van der Waals surface area contributed by atoms with Crippen LogP contribution in [0.1, 0.15) is 19.8 Å². The van der Waals surface area contributed by atoms with E-state index < -0.39 is 10.0 Å². The van der Waals surface area contributed by atoms with Crippen LogP contribution in [0, 0.1) is 5.92 Å². The van der Waals surface area contributed by atoms with Crippen molar-refractivity contribution in [2.45, 2.75) is 31.5 Å². The van der Waals surface area contributed by atoms with Crippen LogP contribution < -0.4 is 10.6 Å². The van der Waals surface area contributed by atoms with Crippen LogP contribution in [0.5, 0.6) is 0 Å². The predicted octanol–water partition coefficient (Wildman–Crippen LogP) is 0.784. The largest absolute Gasteiger partial charge is 0.383 e. The summed E-state index contributed by atoms with van der Waals surface area (Å²) < 4.78 is 31.6. The van der Waals surface area contributed by atoms with Gasteiger partial charge in [0.05, 0.1) is 31.0 Å². The van der Waals surface area contributed by atoms with E-state index >= 15 is 0 Å². The Morgan fingerprint density at radius 2 is 2.03 bits per heavy atom. The van der Waals surface area contributed by atoms with Gasteiger partial charge in [0.15, 0.2) is 10.8 Å². The molecule has 2 aromatic heterocycles. The third kappa shape index (κ3) is 6.30. The molecule has 0 unspecified atom stereocenters. The minimum atomic E-state index is -3.20. The second-order valence-electron chi connectivity index (χ2n) is 7.54. The maximum atomic E-state index is 12.5. The summed E-state index contributed by atoms with van der Waals surface area (Å²) in [5, 5.41) is 12.2. The van der Waals surface area contributed by atoms with Crippen molar-refractivity contribution in [3.63, 3.8) is 0 Å². The zero-order chi connectivity index (χ0) is 23.1. The highest BCUT2D eigenvalue weighted by molar-refractivity contribution is 7.99. The highest BCUT2D eigenvalue weighted by Crippen LogP contribution is 2.24. The third-order valence-corrected chi connectivity index (χ3v) is 7.30. The number of carbonyl (C=O) groups is 1. The lowest BCUT2D eigenvalue weighted by Gasteiger charge is -2.29. The molecular weight excluding hydrogens is 454 g/mol. The van der Waals surface area contributed by atoms with Crippen LogP contribution in [0.25, 0.3) is 11.0 Å². The van der Waals surface area contributed by atoms with Gasteiger partial charge in [0.25, 0.3) is 0 Å². The lowest BCUT2D eigenvalue weighted by Crippen LogP contribution is -2.43. The van der Waals surface area contributed by atoms with E-state index in [1.165, 1.54) is 10.6 Å². The van der Waals surface area contributed by atoms with E-state index in [0.29, 0.717) is 63.0 Å². The van der Waals surface area contributed by atoms with Gasteiger partial charge in [-0.3, -0.25) is 4.79 Å². The Morgan fingerprint density at radius 3 is 2.69 bits per heavy atom. The highest BCUT2D eigenvalue weighted by Gasteiger charge is 2.28. The number of hydrogen-bond donors (Lipinski definition) is 2. The van der Waals surface area contributed by atoms with Crippen LogP contribution in [0.2, 0.25) is 0 Å². The van der Waals surface area contributed by atoms with E-state index in [0.717, 1.165) is 17.0 Å². The first-order chi connectivity index (χ1) is 15.3. The van der Waals surface area contributed by atoms with E-state index in [2.05, 4.69) is 25.7 Å². The normalized spacial score (nSPS) is 15.8. The summed E-state index contributed by atoms with van der Waals surface area (Å²) in [4.78, 5) is 21.7. The van der Waals surface area contributed by atoms with Gasteiger partial charge in [-0.1, -0.05) is 18.7 Å². The minimum absolute atomic E-state index is 0.0478. The fourth-order valence-corrected chi connectivity index (χ4v) is 5.02. The van der Waals surface area contributed by atoms with Crippen molar-refractivity contribution in [3.8, 4) is 0 Å². The van der Waals surface area contributed by atoms with Crippen molar-refractivity contribution in [2.75, 3.05) is 57.2 Å². The van der Waals surface area contributed by atoms with Crippen molar-refractivity contribution < 1.29 is 17.9 Å². The number of thioether (sulfide) groups is 1. The number of aromatic nitrogens is 4. The molecule has 1 aliphatic rings. The standard InChI is InChI=1S/C19H31N7O4S2/c1-4-31-19-23-16(20-8-12-30-2)15-13-22-26(17(15)24-19)11-7-21-18(27)14-5-9-25(10-6-14)32(3,28)29/h13-14H,4-12H2,1-3H3,(H,21,27)(H,20,23,24). The molecule has 11 nitrogen and oxygen atoms in total. The monoisotopic (exact) mass is 485 g/mol. The third-order valence-electron chi connectivity index (χ3n) is 5.26. The Morgan fingerprint density at radius 1 is 1.28 bits per heavy atom. The van der Waals surface area contributed by atoms with Gasteiger partial charge in [-0.25, -0.2) is 27.4 Å². The summed E-state index contributed by atoms with van der Waals surface area (Å²) >= 11 is 1.55. The molecule has 1 saturated heterocycles. The molecule has 0 aromatic carbocycles. The Hall–Kier alpha value is -1.96. The summed E-state index contributed by atoms with van der Waals surface area (Å²) in [6, 6.07) is 0. The molecule has 0 bridgehead atoms. The SMILES string of the molecule is CCSc1nc(NCCOC)c2cnn(CCNC(=O)C3CCN(S(C)(=O)=O)CC3)c2n1. The molecule has 32 heavy (non-hydrogen) atoms. The molecule has 1 fully saturated rings. The predicted molar refractivity (Wildman–Crippen MR) is 124 cm³/mol. The van der Waals surface area contributed by atoms with Crippen LogP contribution in [-0.4, -0.2) is 90.3 Å². The van der Waals surface area contributed by atoms with E-state index in [-0.39, 0.29) is 11.8 Å². The number of nitrogens with zero attached hydrogens (tertiary/aromatic N) is 5. The van der Waals surface area contributed by atoms with Gasteiger partial charge in [-0.15, -0.1) is 0 Å². The second-order valence-corrected chi connectivity index (χ2v) is 10.8. The summed E-state index contributed by atoms with van der Waals surface area (Å²) in [6.07, 6.45) is 4.00. The summed E-state index contributed by atoms with van der Waals surface area (Å²) in [5.74, 6) is 1.35. The lowest BCUT2D eigenvalue weighted by atomic mass is 9.97. The van der Waals surface area contributed by atoms with Gasteiger partial charge in [0.1, 0.15) is 5.82 Å². The first-order valence-corrected chi connectivity index (χ1v) is 13.5. The van der Waals surface area contributed by atoms with Crippen LogP contribution in [0.3, 0.4) is 0 Å². The molecule has 0 spiro atoms. The molecule has 0 saturated carbocycles. The molecule has 13 heteroatoms. The van der Waals surface area contributed by atoms with Gasteiger partial charge >= 0.3 is 0 Å². The number of methoxy groups -OCH3 is 1. The number of rotatable bonds is 11. The van der Waals surface area contributed by atoms with E-state index in [9.17, 15) is 13.2 Å². The number of anilines is 1.